The zero-order valence-electron chi connectivity index (χ0n) is 11.4. The number of anilines is 2. The Morgan fingerprint density at radius 2 is 2.14 bits per heavy atom. The second kappa shape index (κ2) is 6.95. The van der Waals surface area contributed by atoms with Crippen molar-refractivity contribution >= 4 is 17.3 Å². The summed E-state index contributed by atoms with van der Waals surface area (Å²) in [5, 5.41) is 10.9. The largest absolute Gasteiger partial charge is 0.416 e. The summed E-state index contributed by atoms with van der Waals surface area (Å²) in [7, 11) is 1.66. The van der Waals surface area contributed by atoms with Crippen molar-refractivity contribution in [3.8, 4) is 6.07 Å². The quantitative estimate of drug-likeness (QED) is 0.816. The zero-order valence-corrected chi connectivity index (χ0v) is 11.4. The molecule has 1 amide bonds. The summed E-state index contributed by atoms with van der Waals surface area (Å²) in [6.07, 6.45) is -4.19. The second-order valence-electron chi connectivity index (χ2n) is 4.49. The predicted molar refractivity (Wildman–Crippen MR) is 72.2 cm³/mol. The number of likely N-dealkylation sites (N-methyl/N-ethyl adjacent to an activating group) is 1. The first-order valence-electron chi connectivity index (χ1n) is 6.06. The van der Waals surface area contributed by atoms with E-state index in [2.05, 4.69) is 5.32 Å². The molecule has 3 N–H and O–H groups in total. The van der Waals surface area contributed by atoms with Crippen molar-refractivity contribution < 1.29 is 18.0 Å². The van der Waals surface area contributed by atoms with Crippen molar-refractivity contribution in [3.05, 3.63) is 23.8 Å². The lowest BCUT2D eigenvalue weighted by molar-refractivity contribution is -0.137. The van der Waals surface area contributed by atoms with Crippen molar-refractivity contribution in [1.29, 1.82) is 5.26 Å². The van der Waals surface area contributed by atoms with Crippen molar-refractivity contribution in [1.82, 2.24) is 4.90 Å². The first-order valence-corrected chi connectivity index (χ1v) is 6.06. The highest BCUT2D eigenvalue weighted by molar-refractivity contribution is 5.95. The van der Waals surface area contributed by atoms with Crippen LogP contribution in [0.25, 0.3) is 0 Å². The van der Waals surface area contributed by atoms with Crippen molar-refractivity contribution in [2.75, 3.05) is 31.2 Å². The molecule has 0 aliphatic rings. The maximum atomic E-state index is 12.5. The standard InChI is InChI=1S/C13H15F3N4O/c1-20(6-2-5-17)8-12(21)19-11-4-3-9(7-10(11)18)13(14,15)16/h3-4,7H,2,6,8,18H2,1H3,(H,19,21). The van der Waals surface area contributed by atoms with E-state index in [9.17, 15) is 18.0 Å². The average Bonchev–Trinajstić information content (AvgIpc) is 2.37. The minimum Gasteiger partial charge on any atom is -0.397 e. The van der Waals surface area contributed by atoms with Crippen LogP contribution in [-0.2, 0) is 11.0 Å². The Morgan fingerprint density at radius 1 is 1.48 bits per heavy atom. The number of halogens is 3. The third-order valence-electron chi connectivity index (χ3n) is 2.67. The number of alkyl halides is 3. The molecule has 0 saturated carbocycles. The molecule has 0 aliphatic carbocycles. The van der Waals surface area contributed by atoms with Gasteiger partial charge in [-0.1, -0.05) is 0 Å². The van der Waals surface area contributed by atoms with E-state index in [1.54, 1.807) is 11.9 Å². The number of rotatable bonds is 5. The molecule has 0 fully saturated rings. The van der Waals surface area contributed by atoms with Gasteiger partial charge in [-0.15, -0.1) is 0 Å². The number of carbonyl (C=O) groups is 1. The summed E-state index contributed by atoms with van der Waals surface area (Å²) >= 11 is 0. The van der Waals surface area contributed by atoms with Gasteiger partial charge >= 0.3 is 6.18 Å². The van der Waals surface area contributed by atoms with E-state index in [1.165, 1.54) is 0 Å². The molecule has 0 aliphatic heterocycles. The lowest BCUT2D eigenvalue weighted by Gasteiger charge is -2.16. The number of hydrogen-bond donors (Lipinski definition) is 2. The maximum absolute atomic E-state index is 12.5. The molecule has 0 bridgehead atoms. The number of nitrogen functional groups attached to an aromatic ring is 1. The van der Waals surface area contributed by atoms with E-state index < -0.39 is 17.6 Å². The first-order chi connectivity index (χ1) is 9.74. The number of benzene rings is 1. The van der Waals surface area contributed by atoms with Gasteiger partial charge in [-0.3, -0.25) is 9.69 Å². The molecule has 1 rings (SSSR count). The molecular formula is C13H15F3N4O. The van der Waals surface area contributed by atoms with Crippen LogP contribution in [0.4, 0.5) is 24.5 Å². The number of nitrogens with zero attached hydrogens (tertiary/aromatic N) is 2. The molecule has 1 aromatic carbocycles. The lowest BCUT2D eigenvalue weighted by atomic mass is 10.1. The molecular weight excluding hydrogens is 285 g/mol. The Hall–Kier alpha value is -2.27. The highest BCUT2D eigenvalue weighted by atomic mass is 19.4. The molecule has 0 unspecified atom stereocenters. The zero-order chi connectivity index (χ0) is 16.0. The van der Waals surface area contributed by atoms with Gasteiger partial charge in [0, 0.05) is 13.0 Å². The van der Waals surface area contributed by atoms with Gasteiger partial charge in [-0.05, 0) is 25.2 Å². The van der Waals surface area contributed by atoms with Crippen LogP contribution in [0.1, 0.15) is 12.0 Å². The number of nitrogens with two attached hydrogens (primary N) is 1. The van der Waals surface area contributed by atoms with Crippen LogP contribution < -0.4 is 11.1 Å². The van der Waals surface area contributed by atoms with Crippen LogP contribution in [0, 0.1) is 11.3 Å². The van der Waals surface area contributed by atoms with Crippen LogP contribution in [0.5, 0.6) is 0 Å². The maximum Gasteiger partial charge on any atom is 0.416 e. The molecule has 0 aromatic heterocycles. The van der Waals surface area contributed by atoms with Crippen LogP contribution in [0.2, 0.25) is 0 Å². The smallest absolute Gasteiger partial charge is 0.397 e. The summed E-state index contributed by atoms with van der Waals surface area (Å²) in [5.41, 5.74) is 4.61. The molecule has 0 spiro atoms. The summed E-state index contributed by atoms with van der Waals surface area (Å²) < 4.78 is 37.4. The normalized spacial score (nSPS) is 11.2. The third-order valence-corrected chi connectivity index (χ3v) is 2.67. The SMILES string of the molecule is CN(CCC#N)CC(=O)Nc1ccc(C(F)(F)F)cc1N. The fourth-order valence-electron chi connectivity index (χ4n) is 1.61. The summed E-state index contributed by atoms with van der Waals surface area (Å²) in [6, 6.07) is 4.69. The fraction of sp³-hybridized carbons (Fsp3) is 0.385. The molecule has 0 atom stereocenters. The Morgan fingerprint density at radius 3 is 2.67 bits per heavy atom. The number of carbonyl (C=O) groups excluding carboxylic acids is 1. The van der Waals surface area contributed by atoms with Gasteiger partial charge in [-0.25, -0.2) is 0 Å². The molecule has 0 radical (unpaired) electrons. The first kappa shape index (κ1) is 16.8. The Labute approximate surface area is 120 Å². The minimum atomic E-state index is -4.48. The molecule has 8 heteroatoms. The van der Waals surface area contributed by atoms with E-state index in [0.29, 0.717) is 6.54 Å². The monoisotopic (exact) mass is 300 g/mol. The van der Waals surface area contributed by atoms with E-state index in [0.717, 1.165) is 18.2 Å². The van der Waals surface area contributed by atoms with Crippen LogP contribution >= 0.6 is 0 Å². The second-order valence-corrected chi connectivity index (χ2v) is 4.49. The molecule has 5 nitrogen and oxygen atoms in total. The van der Waals surface area contributed by atoms with Crippen LogP contribution in [0.3, 0.4) is 0 Å². The molecule has 0 saturated heterocycles. The Bertz CT molecular complexity index is 551. The van der Waals surface area contributed by atoms with Crippen molar-refractivity contribution in [3.63, 3.8) is 0 Å². The van der Waals surface area contributed by atoms with Gasteiger partial charge in [0.05, 0.1) is 29.6 Å². The summed E-state index contributed by atoms with van der Waals surface area (Å²) in [4.78, 5) is 13.3. The molecule has 0 heterocycles. The third kappa shape index (κ3) is 5.31. The minimum absolute atomic E-state index is 0.0160. The van der Waals surface area contributed by atoms with Crippen LogP contribution in [-0.4, -0.2) is 30.9 Å². The van der Waals surface area contributed by atoms with Gasteiger partial charge in [0.1, 0.15) is 0 Å². The van der Waals surface area contributed by atoms with E-state index in [1.807, 2.05) is 6.07 Å². The van der Waals surface area contributed by atoms with Gasteiger partial charge < -0.3 is 11.1 Å². The summed E-state index contributed by atoms with van der Waals surface area (Å²) in [6.45, 7) is 0.439. The number of hydrogen-bond acceptors (Lipinski definition) is 4. The fourth-order valence-corrected chi connectivity index (χ4v) is 1.61. The molecule has 1 aromatic rings. The van der Waals surface area contributed by atoms with Crippen molar-refractivity contribution in [2.24, 2.45) is 0 Å². The highest BCUT2D eigenvalue weighted by Gasteiger charge is 2.30. The Kier molecular flexibility index (Phi) is 5.55. The van der Waals surface area contributed by atoms with E-state index >= 15 is 0 Å². The van der Waals surface area contributed by atoms with E-state index in [-0.39, 0.29) is 24.3 Å². The predicted octanol–water partition coefficient (Wildman–Crippen LogP) is 2.07. The van der Waals surface area contributed by atoms with Gasteiger partial charge in [0.25, 0.3) is 0 Å². The lowest BCUT2D eigenvalue weighted by Crippen LogP contribution is -2.31. The Balaban J connectivity index is 2.67. The van der Waals surface area contributed by atoms with Crippen molar-refractivity contribution in [2.45, 2.75) is 12.6 Å². The topological polar surface area (TPSA) is 82.2 Å². The summed E-state index contributed by atoms with van der Waals surface area (Å²) in [5.74, 6) is -0.415. The van der Waals surface area contributed by atoms with Gasteiger partial charge in [0.2, 0.25) is 5.91 Å². The van der Waals surface area contributed by atoms with Crippen LogP contribution in [0.15, 0.2) is 18.2 Å². The number of nitriles is 1. The number of amides is 1. The average molecular weight is 300 g/mol. The number of nitrogens with one attached hydrogen (secondary N) is 1. The molecule has 114 valence electrons. The van der Waals surface area contributed by atoms with Gasteiger partial charge in [0.15, 0.2) is 0 Å². The molecule has 21 heavy (non-hydrogen) atoms. The van der Waals surface area contributed by atoms with Gasteiger partial charge in [-0.2, -0.15) is 18.4 Å². The highest BCUT2D eigenvalue weighted by Crippen LogP contribution is 2.32. The van der Waals surface area contributed by atoms with E-state index in [4.69, 9.17) is 11.0 Å².